The third-order valence-corrected chi connectivity index (χ3v) is 7.32. The molecule has 36 heavy (non-hydrogen) atoms. The van der Waals surface area contributed by atoms with Crippen molar-refractivity contribution in [1.82, 2.24) is 14.8 Å². The molecular formula is C28H35ClFN3O2S. The van der Waals surface area contributed by atoms with E-state index < -0.39 is 0 Å². The third kappa shape index (κ3) is 7.43. The number of nitrogens with zero attached hydrogens (tertiary/aromatic N) is 3. The summed E-state index contributed by atoms with van der Waals surface area (Å²) in [6.07, 6.45) is 9.22. The van der Waals surface area contributed by atoms with Crippen LogP contribution < -0.4 is 0 Å². The number of aromatic nitrogens is 2. The van der Waals surface area contributed by atoms with Crippen LogP contribution in [0.4, 0.5) is 4.39 Å². The number of fused-ring (bicyclic) bond motifs is 2. The lowest BCUT2D eigenvalue weighted by molar-refractivity contribution is -0.0430. The van der Waals surface area contributed by atoms with E-state index in [2.05, 4.69) is 11.2 Å². The number of aliphatic hydroxyl groups is 1. The van der Waals surface area contributed by atoms with E-state index in [0.29, 0.717) is 11.6 Å². The van der Waals surface area contributed by atoms with Gasteiger partial charge >= 0.3 is 0 Å². The Hall–Kier alpha value is -2.16. The summed E-state index contributed by atoms with van der Waals surface area (Å²) < 4.78 is 20.3. The average molecular weight is 532 g/mol. The van der Waals surface area contributed by atoms with Crippen LogP contribution in [0.1, 0.15) is 51.3 Å². The first-order chi connectivity index (χ1) is 17.6. The van der Waals surface area contributed by atoms with Crippen molar-refractivity contribution in [3.05, 3.63) is 82.4 Å². The zero-order valence-electron chi connectivity index (χ0n) is 21.2. The summed E-state index contributed by atoms with van der Waals surface area (Å²) in [4.78, 5) is 0.871. The monoisotopic (exact) mass is 531 g/mol. The number of halogens is 2. The molecule has 0 saturated heterocycles. The molecule has 0 aliphatic heterocycles. The highest BCUT2D eigenvalue weighted by Gasteiger charge is 2.27. The van der Waals surface area contributed by atoms with Gasteiger partial charge in [-0.15, -0.1) is 0 Å². The maximum atomic E-state index is 13.0. The van der Waals surface area contributed by atoms with Gasteiger partial charge in [-0.2, -0.15) is 10.2 Å². The fourth-order valence-electron chi connectivity index (χ4n) is 4.26. The SMILES string of the molecule is CC.CCN(CCO)OSc1ccccc1Cl.Fc1ccc(-n2ncc3c2C=C2CCCC2C3)cc1. The largest absolute Gasteiger partial charge is 0.395 e. The average Bonchev–Trinajstić information content (AvgIpc) is 3.54. The van der Waals surface area contributed by atoms with Crippen molar-refractivity contribution in [1.29, 1.82) is 0 Å². The fraction of sp³-hybridized carbons (Fsp3) is 0.393. The molecule has 1 fully saturated rings. The van der Waals surface area contributed by atoms with Gasteiger partial charge in [0, 0.05) is 13.1 Å². The smallest absolute Gasteiger partial charge is 0.123 e. The van der Waals surface area contributed by atoms with E-state index in [1.54, 1.807) is 22.8 Å². The maximum Gasteiger partial charge on any atom is 0.123 e. The standard InChI is InChI=1S/C16H15FN2.C10H14ClNO2S.C2H6/c17-14-4-6-15(7-5-14)19-16-9-12-3-1-2-11(12)8-13(16)10-18-19;1-2-12(7-8-13)14-15-10-6-4-3-5-9(10)11;1-2/h4-7,9-11H,1-3,8H2;3-6,13H,2,7-8H2,1H3;1-2H3. The topological polar surface area (TPSA) is 50.5 Å². The zero-order valence-corrected chi connectivity index (χ0v) is 22.7. The first kappa shape index (κ1) is 28.4. The molecule has 0 radical (unpaired) electrons. The van der Waals surface area contributed by atoms with Crippen molar-refractivity contribution in [3.63, 3.8) is 0 Å². The fourth-order valence-corrected chi connectivity index (χ4v) is 5.14. The van der Waals surface area contributed by atoms with Crippen LogP contribution in [0.15, 0.2) is 65.2 Å². The molecule has 8 heteroatoms. The van der Waals surface area contributed by atoms with Gasteiger partial charge in [0.25, 0.3) is 0 Å². The Morgan fingerprint density at radius 1 is 1.19 bits per heavy atom. The number of allylic oxidation sites excluding steroid dienone is 1. The van der Waals surface area contributed by atoms with Crippen LogP contribution in [0.25, 0.3) is 11.8 Å². The van der Waals surface area contributed by atoms with Gasteiger partial charge in [-0.05, 0) is 79.6 Å². The predicted octanol–water partition coefficient (Wildman–Crippen LogP) is 7.37. The van der Waals surface area contributed by atoms with Crippen molar-refractivity contribution in [2.24, 2.45) is 5.92 Å². The lowest BCUT2D eigenvalue weighted by Crippen LogP contribution is -2.24. The number of benzene rings is 2. The minimum atomic E-state index is -0.209. The van der Waals surface area contributed by atoms with Gasteiger partial charge in [0.05, 0.1) is 46.1 Å². The Balaban J connectivity index is 0.000000194. The van der Waals surface area contributed by atoms with Gasteiger partial charge < -0.3 is 5.11 Å². The number of rotatable bonds is 7. The second-order valence-corrected chi connectivity index (χ2v) is 9.45. The highest BCUT2D eigenvalue weighted by Crippen LogP contribution is 2.39. The normalized spacial score (nSPS) is 15.8. The summed E-state index contributed by atoms with van der Waals surface area (Å²) in [6, 6.07) is 14.0. The van der Waals surface area contributed by atoms with Gasteiger partial charge in [-0.1, -0.05) is 50.1 Å². The van der Waals surface area contributed by atoms with E-state index in [0.717, 1.165) is 29.5 Å². The van der Waals surface area contributed by atoms with Gasteiger partial charge in [0.2, 0.25) is 0 Å². The summed E-state index contributed by atoms with van der Waals surface area (Å²) in [5, 5.41) is 15.6. The molecule has 0 bridgehead atoms. The first-order valence-corrected chi connectivity index (χ1v) is 13.7. The minimum absolute atomic E-state index is 0.0803. The molecule has 1 aromatic heterocycles. The first-order valence-electron chi connectivity index (χ1n) is 12.6. The molecular weight excluding hydrogens is 497 g/mol. The van der Waals surface area contributed by atoms with Crippen LogP contribution in [0.3, 0.4) is 0 Å². The van der Waals surface area contributed by atoms with Crippen molar-refractivity contribution in [2.75, 3.05) is 19.7 Å². The summed E-state index contributed by atoms with van der Waals surface area (Å²) in [6.45, 7) is 7.26. The third-order valence-electron chi connectivity index (χ3n) is 6.06. The summed E-state index contributed by atoms with van der Waals surface area (Å²) in [5.41, 5.74) is 4.99. The van der Waals surface area contributed by atoms with Gasteiger partial charge in [0.1, 0.15) is 5.82 Å². The van der Waals surface area contributed by atoms with Crippen LogP contribution >= 0.6 is 23.6 Å². The van der Waals surface area contributed by atoms with Crippen LogP contribution in [-0.2, 0) is 10.7 Å². The molecule has 5 rings (SSSR count). The quantitative estimate of drug-likeness (QED) is 0.255. The molecule has 2 aliphatic carbocycles. The molecule has 0 amide bonds. The second-order valence-electron chi connectivity index (χ2n) is 8.29. The highest BCUT2D eigenvalue weighted by molar-refractivity contribution is 7.94. The molecule has 1 N–H and O–H groups in total. The van der Waals surface area contributed by atoms with E-state index >= 15 is 0 Å². The molecule has 1 saturated carbocycles. The second kappa shape index (κ2) is 14.5. The molecule has 2 aliphatic rings. The molecule has 0 spiro atoms. The lowest BCUT2D eigenvalue weighted by atomic mass is 9.89. The van der Waals surface area contributed by atoms with Gasteiger partial charge in [-0.3, -0.25) is 0 Å². The number of aliphatic hydroxyl groups excluding tert-OH is 1. The Morgan fingerprint density at radius 2 is 1.94 bits per heavy atom. The van der Waals surface area contributed by atoms with Crippen molar-refractivity contribution < 1.29 is 13.8 Å². The summed E-state index contributed by atoms with van der Waals surface area (Å²) in [7, 11) is 0. The number of likely N-dealkylation sites (N-methyl/N-ethyl adjacent to an activating group) is 1. The minimum Gasteiger partial charge on any atom is -0.395 e. The van der Waals surface area contributed by atoms with E-state index in [1.165, 1.54) is 54.7 Å². The number of hydrogen-bond acceptors (Lipinski definition) is 5. The van der Waals surface area contributed by atoms with Gasteiger partial charge in [-0.25, -0.2) is 13.4 Å². The number of hydroxylamine groups is 2. The molecule has 3 aromatic rings. The molecule has 1 heterocycles. The molecule has 5 nitrogen and oxygen atoms in total. The number of hydrogen-bond donors (Lipinski definition) is 1. The van der Waals surface area contributed by atoms with Crippen molar-refractivity contribution >= 4 is 29.7 Å². The molecule has 1 atom stereocenters. The predicted molar refractivity (Wildman–Crippen MR) is 147 cm³/mol. The van der Waals surface area contributed by atoms with Crippen molar-refractivity contribution in [3.8, 4) is 5.69 Å². The summed E-state index contributed by atoms with van der Waals surface area (Å²) >= 11 is 7.16. The van der Waals surface area contributed by atoms with E-state index in [4.69, 9.17) is 21.0 Å². The van der Waals surface area contributed by atoms with E-state index in [-0.39, 0.29) is 12.4 Å². The molecule has 194 valence electrons. The van der Waals surface area contributed by atoms with Crippen LogP contribution in [0.2, 0.25) is 5.02 Å². The Bertz CT molecular complexity index is 1120. The summed E-state index contributed by atoms with van der Waals surface area (Å²) in [5.74, 6) is 0.525. The Morgan fingerprint density at radius 3 is 2.64 bits per heavy atom. The van der Waals surface area contributed by atoms with Crippen LogP contribution in [0, 0.1) is 11.7 Å². The van der Waals surface area contributed by atoms with Crippen LogP contribution in [-0.4, -0.2) is 39.6 Å². The maximum absolute atomic E-state index is 13.0. The van der Waals surface area contributed by atoms with E-state index in [9.17, 15) is 4.39 Å². The Labute approximate surface area is 223 Å². The van der Waals surface area contributed by atoms with E-state index in [1.807, 2.05) is 55.9 Å². The molecule has 2 aromatic carbocycles. The lowest BCUT2D eigenvalue weighted by Gasteiger charge is -2.18. The van der Waals surface area contributed by atoms with Gasteiger partial charge in [0.15, 0.2) is 0 Å². The molecule has 1 unspecified atom stereocenters. The Kier molecular flexibility index (Phi) is 11.5. The van der Waals surface area contributed by atoms with Crippen LogP contribution in [0.5, 0.6) is 0 Å². The zero-order chi connectivity index (χ0) is 25.9. The highest BCUT2D eigenvalue weighted by atomic mass is 35.5. The van der Waals surface area contributed by atoms with Crippen molar-refractivity contribution in [2.45, 2.75) is 51.3 Å².